The summed E-state index contributed by atoms with van der Waals surface area (Å²) in [4.78, 5) is 0. The van der Waals surface area contributed by atoms with Crippen molar-refractivity contribution >= 4 is 11.6 Å². The Hall–Kier alpha value is -1.33. The Morgan fingerprint density at radius 3 is 2.63 bits per heavy atom. The predicted octanol–water partition coefficient (Wildman–Crippen LogP) is 2.15. The Labute approximate surface area is 118 Å². The van der Waals surface area contributed by atoms with Crippen molar-refractivity contribution in [1.29, 1.82) is 0 Å². The van der Waals surface area contributed by atoms with E-state index in [1.165, 1.54) is 0 Å². The quantitative estimate of drug-likeness (QED) is 0.934. The molecule has 5 nitrogen and oxygen atoms in total. The van der Waals surface area contributed by atoms with Gasteiger partial charge in [0.1, 0.15) is 0 Å². The Morgan fingerprint density at radius 1 is 1.42 bits per heavy atom. The van der Waals surface area contributed by atoms with Gasteiger partial charge in [-0.3, -0.25) is 9.36 Å². The largest absolute Gasteiger partial charge is 0.324 e. The Bertz CT molecular complexity index is 584. The van der Waals surface area contributed by atoms with Crippen LogP contribution in [0.25, 0.3) is 0 Å². The van der Waals surface area contributed by atoms with Crippen molar-refractivity contribution < 1.29 is 0 Å². The molecule has 19 heavy (non-hydrogen) atoms. The highest BCUT2D eigenvalue weighted by Crippen LogP contribution is 2.26. The molecule has 0 aliphatic heterocycles. The van der Waals surface area contributed by atoms with Crippen LogP contribution in [-0.2, 0) is 20.0 Å². The fraction of sp³-hybridized carbons (Fsp3) is 0.538. The molecule has 0 saturated carbocycles. The molecule has 0 aromatic carbocycles. The lowest BCUT2D eigenvalue weighted by atomic mass is 10.0. The van der Waals surface area contributed by atoms with Gasteiger partial charge in [0.05, 0.1) is 22.6 Å². The minimum absolute atomic E-state index is 0.118. The summed E-state index contributed by atoms with van der Waals surface area (Å²) in [6.45, 7) is 6.78. The second kappa shape index (κ2) is 5.35. The molecule has 2 heterocycles. The van der Waals surface area contributed by atoms with E-state index in [0.717, 1.165) is 34.2 Å². The Kier molecular flexibility index (Phi) is 3.96. The normalized spacial score (nSPS) is 12.9. The molecule has 2 N–H and O–H groups in total. The molecule has 6 heteroatoms. The van der Waals surface area contributed by atoms with E-state index >= 15 is 0 Å². The van der Waals surface area contributed by atoms with Gasteiger partial charge in [0, 0.05) is 37.3 Å². The SMILES string of the molecule is CCn1nc(C)c(Cl)c1CC(N)c1cnn(C)c1C. The van der Waals surface area contributed by atoms with Crippen LogP contribution in [0.2, 0.25) is 5.02 Å². The van der Waals surface area contributed by atoms with Crippen LogP contribution in [0.1, 0.15) is 35.6 Å². The molecule has 1 atom stereocenters. The van der Waals surface area contributed by atoms with E-state index in [-0.39, 0.29) is 6.04 Å². The van der Waals surface area contributed by atoms with Crippen LogP contribution in [-0.4, -0.2) is 19.6 Å². The summed E-state index contributed by atoms with van der Waals surface area (Å²) in [6.07, 6.45) is 2.49. The van der Waals surface area contributed by atoms with Crippen molar-refractivity contribution in [1.82, 2.24) is 19.6 Å². The summed E-state index contributed by atoms with van der Waals surface area (Å²) in [5, 5.41) is 9.36. The van der Waals surface area contributed by atoms with Gasteiger partial charge in [0.15, 0.2) is 0 Å². The molecular weight excluding hydrogens is 262 g/mol. The highest BCUT2D eigenvalue weighted by molar-refractivity contribution is 6.31. The fourth-order valence-electron chi connectivity index (χ4n) is 2.26. The topological polar surface area (TPSA) is 61.7 Å². The highest BCUT2D eigenvalue weighted by atomic mass is 35.5. The maximum Gasteiger partial charge on any atom is 0.0847 e. The minimum atomic E-state index is -0.118. The molecule has 0 spiro atoms. The third-order valence-electron chi connectivity index (χ3n) is 3.54. The lowest BCUT2D eigenvalue weighted by Crippen LogP contribution is -2.17. The van der Waals surface area contributed by atoms with Crippen molar-refractivity contribution in [3.8, 4) is 0 Å². The van der Waals surface area contributed by atoms with E-state index < -0.39 is 0 Å². The summed E-state index contributed by atoms with van der Waals surface area (Å²) < 4.78 is 3.75. The third-order valence-corrected chi connectivity index (χ3v) is 4.03. The summed E-state index contributed by atoms with van der Waals surface area (Å²) in [6, 6.07) is -0.118. The zero-order valence-electron chi connectivity index (χ0n) is 11.8. The van der Waals surface area contributed by atoms with Crippen LogP contribution in [0.4, 0.5) is 0 Å². The first kappa shape index (κ1) is 14.1. The molecule has 0 radical (unpaired) electrons. The van der Waals surface area contributed by atoms with Gasteiger partial charge in [-0.1, -0.05) is 11.6 Å². The molecule has 1 unspecified atom stereocenters. The number of nitrogens with two attached hydrogens (primary N) is 1. The molecule has 0 amide bonds. The first-order valence-corrected chi connectivity index (χ1v) is 6.79. The van der Waals surface area contributed by atoms with Crippen molar-refractivity contribution in [3.05, 3.63) is 33.9 Å². The number of rotatable bonds is 4. The van der Waals surface area contributed by atoms with E-state index in [1.807, 2.05) is 43.4 Å². The van der Waals surface area contributed by atoms with Gasteiger partial charge >= 0.3 is 0 Å². The summed E-state index contributed by atoms with van der Waals surface area (Å²) in [7, 11) is 1.92. The van der Waals surface area contributed by atoms with Gasteiger partial charge in [0.25, 0.3) is 0 Å². The highest BCUT2D eigenvalue weighted by Gasteiger charge is 2.19. The van der Waals surface area contributed by atoms with Crippen molar-refractivity contribution in [3.63, 3.8) is 0 Å². The van der Waals surface area contributed by atoms with Crippen LogP contribution in [0.15, 0.2) is 6.20 Å². The van der Waals surface area contributed by atoms with E-state index in [1.54, 1.807) is 0 Å². The number of hydrogen-bond acceptors (Lipinski definition) is 3. The Balaban J connectivity index is 2.28. The summed E-state index contributed by atoms with van der Waals surface area (Å²) in [5.74, 6) is 0. The molecule has 2 aromatic heterocycles. The van der Waals surface area contributed by atoms with Crippen LogP contribution in [0.3, 0.4) is 0 Å². The molecule has 0 fully saturated rings. The van der Waals surface area contributed by atoms with Crippen LogP contribution in [0, 0.1) is 13.8 Å². The van der Waals surface area contributed by atoms with Crippen molar-refractivity contribution in [2.75, 3.05) is 0 Å². The van der Waals surface area contributed by atoms with Gasteiger partial charge in [0.2, 0.25) is 0 Å². The lowest BCUT2D eigenvalue weighted by molar-refractivity contribution is 0.586. The van der Waals surface area contributed by atoms with Gasteiger partial charge < -0.3 is 5.73 Å². The monoisotopic (exact) mass is 281 g/mol. The van der Waals surface area contributed by atoms with Gasteiger partial charge in [-0.2, -0.15) is 10.2 Å². The van der Waals surface area contributed by atoms with Crippen LogP contribution < -0.4 is 5.73 Å². The summed E-state index contributed by atoms with van der Waals surface area (Å²) in [5.41, 5.74) is 10.3. The smallest absolute Gasteiger partial charge is 0.0847 e. The predicted molar refractivity (Wildman–Crippen MR) is 76.2 cm³/mol. The second-order valence-electron chi connectivity index (χ2n) is 4.78. The zero-order valence-corrected chi connectivity index (χ0v) is 12.6. The van der Waals surface area contributed by atoms with Crippen LogP contribution >= 0.6 is 11.6 Å². The molecule has 0 bridgehead atoms. The molecule has 104 valence electrons. The molecule has 0 aliphatic carbocycles. The number of aromatic nitrogens is 4. The molecule has 0 aliphatic rings. The fourth-order valence-corrected chi connectivity index (χ4v) is 2.47. The standard InChI is InChI=1S/C13H20ClN5/c1-5-19-12(13(14)8(2)17-19)6-11(15)10-7-16-18(4)9(10)3/h7,11H,5-6,15H2,1-4H3. The number of hydrogen-bond donors (Lipinski definition) is 1. The summed E-state index contributed by atoms with van der Waals surface area (Å²) >= 11 is 6.31. The number of aryl methyl sites for hydroxylation is 3. The number of nitrogens with zero attached hydrogens (tertiary/aromatic N) is 4. The lowest BCUT2D eigenvalue weighted by Gasteiger charge is -2.13. The third kappa shape index (κ3) is 2.53. The maximum absolute atomic E-state index is 6.31. The van der Waals surface area contributed by atoms with E-state index in [4.69, 9.17) is 17.3 Å². The van der Waals surface area contributed by atoms with Gasteiger partial charge in [-0.15, -0.1) is 0 Å². The number of halogens is 1. The molecule has 0 saturated heterocycles. The van der Waals surface area contributed by atoms with Crippen molar-refractivity contribution in [2.24, 2.45) is 12.8 Å². The van der Waals surface area contributed by atoms with E-state index in [9.17, 15) is 0 Å². The maximum atomic E-state index is 6.31. The average molecular weight is 282 g/mol. The second-order valence-corrected chi connectivity index (χ2v) is 5.16. The van der Waals surface area contributed by atoms with Gasteiger partial charge in [-0.25, -0.2) is 0 Å². The van der Waals surface area contributed by atoms with Crippen molar-refractivity contribution in [2.45, 2.75) is 39.8 Å². The Morgan fingerprint density at radius 2 is 2.11 bits per heavy atom. The molecular formula is C13H20ClN5. The average Bonchev–Trinajstić information content (AvgIpc) is 2.84. The minimum Gasteiger partial charge on any atom is -0.324 e. The molecule has 2 aromatic rings. The van der Waals surface area contributed by atoms with Gasteiger partial charge in [-0.05, 0) is 20.8 Å². The molecule has 2 rings (SSSR count). The van der Waals surface area contributed by atoms with E-state index in [0.29, 0.717) is 6.42 Å². The van der Waals surface area contributed by atoms with Crippen LogP contribution in [0.5, 0.6) is 0 Å². The first-order valence-electron chi connectivity index (χ1n) is 6.41. The zero-order chi connectivity index (χ0) is 14.2. The van der Waals surface area contributed by atoms with E-state index in [2.05, 4.69) is 10.2 Å². The first-order chi connectivity index (χ1) is 8.95.